The number of furan rings is 1. The van der Waals surface area contributed by atoms with E-state index in [2.05, 4.69) is 15.8 Å². The fraction of sp³-hybridized carbons (Fsp3) is 0.174. The summed E-state index contributed by atoms with van der Waals surface area (Å²) in [6, 6.07) is 18.3. The molecule has 158 valence electrons. The number of ether oxygens (including phenoxy) is 1. The number of nitrogens with zero attached hydrogens (tertiary/aromatic N) is 1. The zero-order valence-electron chi connectivity index (χ0n) is 16.7. The van der Waals surface area contributed by atoms with Crippen LogP contribution in [0.4, 0.5) is 0 Å². The van der Waals surface area contributed by atoms with Crippen LogP contribution in [-0.2, 0) is 9.59 Å². The average molecular weight is 438 g/mol. The Hall–Kier alpha value is -3.58. The molecule has 2 heterocycles. The summed E-state index contributed by atoms with van der Waals surface area (Å²) >= 11 is 6.16. The first-order valence-electron chi connectivity index (χ1n) is 9.66. The molecule has 2 N–H and O–H groups in total. The van der Waals surface area contributed by atoms with Crippen molar-refractivity contribution in [3.63, 3.8) is 0 Å². The van der Waals surface area contributed by atoms with E-state index in [0.29, 0.717) is 28.8 Å². The number of benzene rings is 2. The molecule has 1 aliphatic rings. The van der Waals surface area contributed by atoms with Gasteiger partial charge in [-0.2, -0.15) is 5.10 Å². The third-order valence-electron chi connectivity index (χ3n) is 5.12. The van der Waals surface area contributed by atoms with Crippen LogP contribution in [0.2, 0.25) is 5.02 Å². The number of rotatable bonds is 6. The number of carbonyl (C=O) groups is 2. The van der Waals surface area contributed by atoms with Crippen molar-refractivity contribution in [1.82, 2.24) is 10.7 Å². The Morgan fingerprint density at radius 3 is 2.77 bits per heavy atom. The van der Waals surface area contributed by atoms with E-state index in [1.165, 1.54) is 6.21 Å². The monoisotopic (exact) mass is 437 g/mol. The number of nitrogens with one attached hydrogen (secondary N) is 2. The minimum absolute atomic E-state index is 0.237. The van der Waals surface area contributed by atoms with Crippen LogP contribution in [0.1, 0.15) is 17.2 Å². The van der Waals surface area contributed by atoms with Crippen molar-refractivity contribution < 1.29 is 18.7 Å². The molecule has 3 aromatic rings. The standard InChI is InChI=1S/C23H20ClN3O4/c1-30-20-9-7-15(11-18(20)24)19-10-8-16(31-19)12-26-27-23(29)21-17(13-25-22(21)28)14-5-3-2-4-6-14/h2-12,17,21H,13H2,1H3,(H,25,28)(H,27,29)/b26-12-. The fourth-order valence-corrected chi connectivity index (χ4v) is 3.82. The first kappa shape index (κ1) is 20.7. The van der Waals surface area contributed by atoms with Crippen LogP contribution < -0.4 is 15.5 Å². The Morgan fingerprint density at radius 2 is 2.03 bits per heavy atom. The number of hydrogen-bond acceptors (Lipinski definition) is 5. The topological polar surface area (TPSA) is 92.9 Å². The summed E-state index contributed by atoms with van der Waals surface area (Å²) in [6.07, 6.45) is 1.39. The molecule has 0 spiro atoms. The molecule has 2 aromatic carbocycles. The van der Waals surface area contributed by atoms with Gasteiger partial charge in [0, 0.05) is 18.0 Å². The van der Waals surface area contributed by atoms with Crippen LogP contribution in [0.3, 0.4) is 0 Å². The summed E-state index contributed by atoms with van der Waals surface area (Å²) in [5.41, 5.74) is 4.16. The number of carbonyl (C=O) groups excluding carboxylic acids is 2. The molecule has 31 heavy (non-hydrogen) atoms. The van der Waals surface area contributed by atoms with Gasteiger partial charge in [0.1, 0.15) is 23.2 Å². The van der Waals surface area contributed by atoms with E-state index >= 15 is 0 Å². The molecular weight excluding hydrogens is 418 g/mol. The van der Waals surface area contributed by atoms with E-state index < -0.39 is 11.8 Å². The molecule has 0 saturated carbocycles. The highest BCUT2D eigenvalue weighted by atomic mass is 35.5. The first-order chi connectivity index (χ1) is 15.1. The van der Waals surface area contributed by atoms with E-state index in [1.54, 1.807) is 31.4 Å². The van der Waals surface area contributed by atoms with Crippen molar-refractivity contribution in [2.75, 3.05) is 13.7 Å². The quantitative estimate of drug-likeness (QED) is 0.350. The second-order valence-corrected chi connectivity index (χ2v) is 7.43. The Morgan fingerprint density at radius 1 is 1.23 bits per heavy atom. The molecule has 0 aliphatic carbocycles. The lowest BCUT2D eigenvalue weighted by Gasteiger charge is -2.15. The van der Waals surface area contributed by atoms with E-state index in [-0.39, 0.29) is 11.8 Å². The molecule has 0 radical (unpaired) electrons. The summed E-state index contributed by atoms with van der Waals surface area (Å²) in [4.78, 5) is 24.8. The molecule has 1 saturated heterocycles. The van der Waals surface area contributed by atoms with Gasteiger partial charge < -0.3 is 14.5 Å². The van der Waals surface area contributed by atoms with E-state index in [1.807, 2.05) is 36.4 Å². The second-order valence-electron chi connectivity index (χ2n) is 7.03. The summed E-state index contributed by atoms with van der Waals surface area (Å²) in [7, 11) is 1.55. The summed E-state index contributed by atoms with van der Waals surface area (Å²) in [5, 5.41) is 7.18. The molecule has 4 rings (SSSR count). The molecular formula is C23H20ClN3O4. The summed E-state index contributed by atoms with van der Waals surface area (Å²) in [5.74, 6) is -0.236. The lowest BCUT2D eigenvalue weighted by atomic mass is 9.88. The molecule has 8 heteroatoms. The van der Waals surface area contributed by atoms with E-state index in [9.17, 15) is 9.59 Å². The predicted octanol–water partition coefficient (Wildman–Crippen LogP) is 3.59. The Bertz CT molecular complexity index is 1130. The van der Waals surface area contributed by atoms with Crippen LogP contribution in [0.15, 0.2) is 70.2 Å². The maximum atomic E-state index is 12.6. The number of methoxy groups -OCH3 is 1. The zero-order valence-corrected chi connectivity index (χ0v) is 17.4. The molecule has 2 atom stereocenters. The zero-order chi connectivity index (χ0) is 21.8. The number of hydrazone groups is 1. The fourth-order valence-electron chi connectivity index (χ4n) is 3.56. The highest BCUT2D eigenvalue weighted by Gasteiger charge is 2.40. The second kappa shape index (κ2) is 9.06. The van der Waals surface area contributed by atoms with Crippen LogP contribution >= 0.6 is 11.6 Å². The van der Waals surface area contributed by atoms with Gasteiger partial charge in [0.25, 0.3) is 5.91 Å². The molecule has 1 aromatic heterocycles. The largest absolute Gasteiger partial charge is 0.495 e. The van der Waals surface area contributed by atoms with Gasteiger partial charge in [-0.25, -0.2) is 5.43 Å². The van der Waals surface area contributed by atoms with E-state index in [4.69, 9.17) is 20.8 Å². The normalized spacial score (nSPS) is 18.2. The van der Waals surface area contributed by atoms with E-state index in [0.717, 1.165) is 11.1 Å². The average Bonchev–Trinajstić information content (AvgIpc) is 3.41. The van der Waals surface area contributed by atoms with Gasteiger partial charge in [-0.15, -0.1) is 0 Å². The van der Waals surface area contributed by atoms with Crippen molar-refractivity contribution >= 4 is 29.6 Å². The lowest BCUT2D eigenvalue weighted by molar-refractivity contribution is -0.133. The predicted molar refractivity (Wildman–Crippen MR) is 117 cm³/mol. The van der Waals surface area contributed by atoms with Gasteiger partial charge in [0.15, 0.2) is 0 Å². The molecule has 1 fully saturated rings. The van der Waals surface area contributed by atoms with Crippen molar-refractivity contribution in [2.45, 2.75) is 5.92 Å². The smallest absolute Gasteiger partial charge is 0.253 e. The summed E-state index contributed by atoms with van der Waals surface area (Å²) in [6.45, 7) is 0.413. The maximum absolute atomic E-state index is 12.6. The SMILES string of the molecule is COc1ccc(-c2ccc(/C=N\NC(=O)C3C(=O)NCC3c3ccccc3)o2)cc1Cl. The van der Waals surface area contributed by atoms with Crippen LogP contribution in [-0.4, -0.2) is 31.7 Å². The Kier molecular flexibility index (Phi) is 6.04. The van der Waals surface area contributed by atoms with Gasteiger partial charge in [0.05, 0.1) is 18.3 Å². The van der Waals surface area contributed by atoms with Crippen molar-refractivity contribution in [3.8, 4) is 17.1 Å². The lowest BCUT2D eigenvalue weighted by Crippen LogP contribution is -2.34. The van der Waals surface area contributed by atoms with Gasteiger partial charge in [-0.1, -0.05) is 41.9 Å². The van der Waals surface area contributed by atoms with Crippen LogP contribution in [0, 0.1) is 5.92 Å². The van der Waals surface area contributed by atoms with Gasteiger partial charge in [0.2, 0.25) is 5.91 Å². The Balaban J connectivity index is 1.42. The minimum Gasteiger partial charge on any atom is -0.495 e. The van der Waals surface area contributed by atoms with Crippen molar-refractivity contribution in [3.05, 3.63) is 77.0 Å². The third kappa shape index (κ3) is 4.46. The highest BCUT2D eigenvalue weighted by molar-refractivity contribution is 6.32. The Labute approximate surface area is 184 Å². The van der Waals surface area contributed by atoms with Gasteiger partial charge in [-0.05, 0) is 35.9 Å². The molecule has 0 bridgehead atoms. The number of hydrogen-bond donors (Lipinski definition) is 2. The maximum Gasteiger partial charge on any atom is 0.253 e. The third-order valence-corrected chi connectivity index (χ3v) is 5.42. The summed E-state index contributed by atoms with van der Waals surface area (Å²) < 4.78 is 10.9. The number of amides is 2. The first-order valence-corrected chi connectivity index (χ1v) is 10.0. The highest BCUT2D eigenvalue weighted by Crippen LogP contribution is 2.31. The molecule has 7 nitrogen and oxygen atoms in total. The van der Waals surface area contributed by atoms with Gasteiger partial charge in [-0.3, -0.25) is 9.59 Å². The van der Waals surface area contributed by atoms with Crippen molar-refractivity contribution in [2.24, 2.45) is 11.0 Å². The van der Waals surface area contributed by atoms with Gasteiger partial charge >= 0.3 is 0 Å². The molecule has 2 unspecified atom stereocenters. The minimum atomic E-state index is -0.840. The number of halogens is 1. The molecule has 2 amide bonds. The van der Waals surface area contributed by atoms with Crippen LogP contribution in [0.25, 0.3) is 11.3 Å². The van der Waals surface area contributed by atoms with Crippen LogP contribution in [0.5, 0.6) is 5.75 Å². The molecule has 1 aliphatic heterocycles. The van der Waals surface area contributed by atoms with Crippen molar-refractivity contribution in [1.29, 1.82) is 0 Å².